The molecule has 5 heteroatoms. The average Bonchev–Trinajstić information content (AvgIpc) is 2.86. The minimum atomic E-state index is 0.137. The van der Waals surface area contributed by atoms with E-state index in [4.69, 9.17) is 4.74 Å². The van der Waals surface area contributed by atoms with Gasteiger partial charge >= 0.3 is 0 Å². The molecule has 0 aliphatic heterocycles. The number of hydrogen-bond donors (Lipinski definition) is 0. The number of nitrogens with zero attached hydrogens (tertiary/aromatic N) is 3. The first-order valence-corrected chi connectivity index (χ1v) is 7.09. The van der Waals surface area contributed by atoms with E-state index in [2.05, 4.69) is 23.9 Å². The highest BCUT2D eigenvalue weighted by molar-refractivity contribution is 5.82. The molecule has 0 bridgehead atoms. The third kappa shape index (κ3) is 4.41. The molecule has 0 atom stereocenters. The van der Waals surface area contributed by atoms with E-state index in [1.807, 2.05) is 28.9 Å². The van der Waals surface area contributed by atoms with Gasteiger partial charge in [0.25, 0.3) is 0 Å². The molecule has 0 aliphatic rings. The number of aromatic nitrogens is 3. The molecule has 5 nitrogen and oxygen atoms in total. The predicted molar refractivity (Wildman–Crippen MR) is 80.3 cm³/mol. The quantitative estimate of drug-likeness (QED) is 0.784. The van der Waals surface area contributed by atoms with E-state index in [9.17, 15) is 4.79 Å². The van der Waals surface area contributed by atoms with Crippen LogP contribution in [0.5, 0.6) is 5.75 Å². The van der Waals surface area contributed by atoms with Gasteiger partial charge in [-0.15, -0.1) is 0 Å². The second-order valence-corrected chi connectivity index (χ2v) is 5.49. The maximum atomic E-state index is 12.2. The van der Waals surface area contributed by atoms with Crippen LogP contribution in [0.2, 0.25) is 0 Å². The van der Waals surface area contributed by atoms with Gasteiger partial charge in [0.1, 0.15) is 23.7 Å². The van der Waals surface area contributed by atoms with Gasteiger partial charge in [-0.3, -0.25) is 4.79 Å². The third-order valence-corrected chi connectivity index (χ3v) is 3.15. The van der Waals surface area contributed by atoms with Gasteiger partial charge in [-0.25, -0.2) is 9.67 Å². The first-order chi connectivity index (χ1) is 10.1. The molecule has 21 heavy (non-hydrogen) atoms. The summed E-state index contributed by atoms with van der Waals surface area (Å²) < 4.78 is 6.92. The van der Waals surface area contributed by atoms with Crippen LogP contribution < -0.4 is 4.74 Å². The largest absolute Gasteiger partial charge is 0.497 e. The zero-order valence-electron chi connectivity index (χ0n) is 12.7. The summed E-state index contributed by atoms with van der Waals surface area (Å²) in [5.41, 5.74) is 0.982. The van der Waals surface area contributed by atoms with Gasteiger partial charge in [-0.1, -0.05) is 26.0 Å². The Morgan fingerprint density at radius 3 is 2.57 bits per heavy atom. The van der Waals surface area contributed by atoms with Crippen LogP contribution in [-0.4, -0.2) is 27.7 Å². The number of methoxy groups -OCH3 is 1. The molecular weight excluding hydrogens is 266 g/mol. The van der Waals surface area contributed by atoms with Crippen molar-refractivity contribution in [2.24, 2.45) is 5.92 Å². The first-order valence-electron chi connectivity index (χ1n) is 7.09. The summed E-state index contributed by atoms with van der Waals surface area (Å²) in [4.78, 5) is 16.3. The number of carbonyl (C=O) groups is 1. The highest BCUT2D eigenvalue weighted by atomic mass is 16.5. The Balaban J connectivity index is 1.96. The fourth-order valence-corrected chi connectivity index (χ4v) is 2.13. The molecule has 2 rings (SSSR count). The van der Waals surface area contributed by atoms with E-state index < -0.39 is 0 Å². The lowest BCUT2D eigenvalue weighted by Gasteiger charge is -2.08. The number of carbonyl (C=O) groups excluding carboxylic acids is 1. The zero-order chi connectivity index (χ0) is 15.2. The number of hydrogen-bond acceptors (Lipinski definition) is 4. The van der Waals surface area contributed by atoms with Crippen LogP contribution in [-0.2, 0) is 24.2 Å². The molecule has 2 aromatic rings. The van der Waals surface area contributed by atoms with E-state index in [0.29, 0.717) is 18.8 Å². The third-order valence-electron chi connectivity index (χ3n) is 3.15. The molecule has 0 radical (unpaired) electrons. The van der Waals surface area contributed by atoms with Crippen LogP contribution in [0.3, 0.4) is 0 Å². The van der Waals surface area contributed by atoms with Gasteiger partial charge in [0.2, 0.25) is 0 Å². The van der Waals surface area contributed by atoms with Crippen LogP contribution in [0, 0.1) is 5.92 Å². The minimum Gasteiger partial charge on any atom is -0.497 e. The maximum Gasteiger partial charge on any atom is 0.144 e. The topological polar surface area (TPSA) is 57.0 Å². The van der Waals surface area contributed by atoms with Gasteiger partial charge in [0, 0.05) is 13.0 Å². The minimum absolute atomic E-state index is 0.137. The highest BCUT2D eigenvalue weighted by Gasteiger charge is 2.12. The Morgan fingerprint density at radius 2 is 1.95 bits per heavy atom. The smallest absolute Gasteiger partial charge is 0.144 e. The van der Waals surface area contributed by atoms with Crippen molar-refractivity contribution in [2.45, 2.75) is 33.2 Å². The second kappa shape index (κ2) is 7.02. The molecule has 0 amide bonds. The average molecular weight is 287 g/mol. The number of ether oxygens (including phenoxy) is 1. The van der Waals surface area contributed by atoms with E-state index in [1.165, 1.54) is 6.33 Å². The van der Waals surface area contributed by atoms with Crippen molar-refractivity contribution >= 4 is 5.78 Å². The molecule has 1 aromatic carbocycles. The normalized spacial score (nSPS) is 10.9. The van der Waals surface area contributed by atoms with Crippen LogP contribution in [0.4, 0.5) is 0 Å². The molecule has 0 saturated carbocycles. The number of rotatable bonds is 7. The number of ketones is 1. The summed E-state index contributed by atoms with van der Waals surface area (Å²) in [6.45, 7) is 5.01. The summed E-state index contributed by atoms with van der Waals surface area (Å²) >= 11 is 0. The molecule has 0 N–H and O–H groups in total. The molecule has 1 heterocycles. The van der Waals surface area contributed by atoms with Crippen molar-refractivity contribution in [2.75, 3.05) is 7.11 Å². The molecule has 0 saturated heterocycles. The molecule has 0 fully saturated rings. The van der Waals surface area contributed by atoms with Crippen LogP contribution in [0.25, 0.3) is 0 Å². The van der Waals surface area contributed by atoms with Gasteiger partial charge in [-0.05, 0) is 23.6 Å². The number of benzene rings is 1. The van der Waals surface area contributed by atoms with Crippen molar-refractivity contribution < 1.29 is 9.53 Å². The standard InChI is InChI=1S/C16H21N3O2/c1-12(2)10-19-16(17-11-18-19)9-14(20)8-13-4-6-15(21-3)7-5-13/h4-7,11-12H,8-10H2,1-3H3. The van der Waals surface area contributed by atoms with Crippen molar-refractivity contribution in [3.8, 4) is 5.75 Å². The lowest BCUT2D eigenvalue weighted by atomic mass is 10.1. The summed E-state index contributed by atoms with van der Waals surface area (Å²) in [5, 5.41) is 4.18. The van der Waals surface area contributed by atoms with Gasteiger partial charge in [0.15, 0.2) is 0 Å². The summed E-state index contributed by atoms with van der Waals surface area (Å²) in [6.07, 6.45) is 2.23. The molecule has 0 unspecified atom stereocenters. The van der Waals surface area contributed by atoms with Crippen molar-refractivity contribution in [3.05, 3.63) is 42.0 Å². The zero-order valence-corrected chi connectivity index (χ0v) is 12.7. The Labute approximate surface area is 125 Å². The van der Waals surface area contributed by atoms with E-state index in [0.717, 1.165) is 23.7 Å². The molecule has 0 spiro atoms. The predicted octanol–water partition coefficient (Wildman–Crippen LogP) is 2.30. The van der Waals surface area contributed by atoms with Crippen molar-refractivity contribution in [1.82, 2.24) is 14.8 Å². The fourth-order valence-electron chi connectivity index (χ4n) is 2.13. The second-order valence-electron chi connectivity index (χ2n) is 5.49. The van der Waals surface area contributed by atoms with Crippen LogP contribution >= 0.6 is 0 Å². The summed E-state index contributed by atoms with van der Waals surface area (Å²) in [5.74, 6) is 2.14. The van der Waals surface area contributed by atoms with E-state index >= 15 is 0 Å². The van der Waals surface area contributed by atoms with Crippen LogP contribution in [0.1, 0.15) is 25.2 Å². The van der Waals surface area contributed by atoms with Gasteiger partial charge in [0.05, 0.1) is 13.5 Å². The molecule has 112 valence electrons. The molecule has 1 aromatic heterocycles. The van der Waals surface area contributed by atoms with Gasteiger partial charge < -0.3 is 4.74 Å². The van der Waals surface area contributed by atoms with Gasteiger partial charge in [-0.2, -0.15) is 5.10 Å². The Kier molecular flexibility index (Phi) is 5.09. The van der Waals surface area contributed by atoms with Crippen molar-refractivity contribution in [1.29, 1.82) is 0 Å². The Morgan fingerprint density at radius 1 is 1.24 bits per heavy atom. The summed E-state index contributed by atoms with van der Waals surface area (Å²) in [7, 11) is 1.63. The van der Waals surface area contributed by atoms with E-state index in [-0.39, 0.29) is 5.78 Å². The lowest BCUT2D eigenvalue weighted by molar-refractivity contribution is -0.117. The summed E-state index contributed by atoms with van der Waals surface area (Å²) in [6, 6.07) is 7.55. The van der Waals surface area contributed by atoms with Crippen LogP contribution in [0.15, 0.2) is 30.6 Å². The Hall–Kier alpha value is -2.17. The maximum absolute atomic E-state index is 12.2. The Bertz CT molecular complexity index is 588. The highest BCUT2D eigenvalue weighted by Crippen LogP contribution is 2.12. The van der Waals surface area contributed by atoms with E-state index in [1.54, 1.807) is 7.11 Å². The monoisotopic (exact) mass is 287 g/mol. The lowest BCUT2D eigenvalue weighted by Crippen LogP contribution is -2.15. The molecule has 0 aliphatic carbocycles. The fraction of sp³-hybridized carbons (Fsp3) is 0.438. The number of Topliss-reactive ketones (excluding diaryl/α,β-unsaturated/α-hetero) is 1. The van der Waals surface area contributed by atoms with Crippen molar-refractivity contribution in [3.63, 3.8) is 0 Å². The SMILES string of the molecule is COc1ccc(CC(=O)Cc2ncnn2CC(C)C)cc1. The first kappa shape index (κ1) is 15.2. The molecular formula is C16H21N3O2.